The van der Waals surface area contributed by atoms with E-state index in [1.807, 2.05) is 6.92 Å². The maximum Gasteiger partial charge on any atom is 0.315 e. The van der Waals surface area contributed by atoms with Crippen molar-refractivity contribution in [2.45, 2.75) is 32.7 Å². The molecule has 20 heavy (non-hydrogen) atoms. The quantitative estimate of drug-likeness (QED) is 0.772. The Kier molecular flexibility index (Phi) is 4.94. The standard InChI is InChI=1S/C13H19N3O3S/c1-8-5-14-11(20-8)7-16-13(19)15-6-9-3-2-4-10(9)12(17)18/h5,9-10H,2-4,6-7H2,1H3,(H,17,18)(H2,15,16,19). The number of carbonyl (C=O) groups excluding carboxylic acids is 1. The van der Waals surface area contributed by atoms with Gasteiger partial charge in [0.1, 0.15) is 5.01 Å². The Morgan fingerprint density at radius 1 is 1.45 bits per heavy atom. The fourth-order valence-corrected chi connectivity index (χ4v) is 3.26. The first-order valence-corrected chi connectivity index (χ1v) is 7.53. The zero-order chi connectivity index (χ0) is 14.5. The van der Waals surface area contributed by atoms with Gasteiger partial charge in [-0.1, -0.05) is 6.42 Å². The van der Waals surface area contributed by atoms with E-state index in [0.29, 0.717) is 19.5 Å². The average Bonchev–Trinajstić information content (AvgIpc) is 3.02. The highest BCUT2D eigenvalue weighted by molar-refractivity contribution is 7.11. The average molecular weight is 297 g/mol. The molecule has 0 aromatic carbocycles. The van der Waals surface area contributed by atoms with Crippen LogP contribution in [0.25, 0.3) is 0 Å². The van der Waals surface area contributed by atoms with Crippen LogP contribution in [-0.4, -0.2) is 28.6 Å². The number of aromatic nitrogens is 1. The highest BCUT2D eigenvalue weighted by atomic mass is 32.1. The van der Waals surface area contributed by atoms with Gasteiger partial charge >= 0.3 is 12.0 Å². The molecule has 1 fully saturated rings. The highest BCUT2D eigenvalue weighted by Gasteiger charge is 2.32. The molecule has 1 aliphatic carbocycles. The SMILES string of the molecule is Cc1cnc(CNC(=O)NCC2CCCC2C(=O)O)s1. The number of amides is 2. The number of carbonyl (C=O) groups is 2. The summed E-state index contributed by atoms with van der Waals surface area (Å²) in [6.45, 7) is 2.78. The zero-order valence-electron chi connectivity index (χ0n) is 11.4. The molecule has 0 bridgehead atoms. The maximum atomic E-state index is 11.7. The van der Waals surface area contributed by atoms with Crippen molar-refractivity contribution in [1.29, 1.82) is 0 Å². The van der Waals surface area contributed by atoms with Gasteiger partial charge in [0.05, 0.1) is 12.5 Å². The second-order valence-electron chi connectivity index (χ2n) is 5.06. The lowest BCUT2D eigenvalue weighted by Gasteiger charge is -2.16. The lowest BCUT2D eigenvalue weighted by atomic mass is 9.96. The molecule has 0 aliphatic heterocycles. The number of carboxylic acid groups (broad SMARTS) is 1. The van der Waals surface area contributed by atoms with Crippen LogP contribution >= 0.6 is 11.3 Å². The summed E-state index contributed by atoms with van der Waals surface area (Å²) in [5.74, 6) is -1.04. The van der Waals surface area contributed by atoms with Gasteiger partial charge in [-0.3, -0.25) is 4.79 Å². The molecule has 1 saturated carbocycles. The van der Waals surface area contributed by atoms with Crippen LogP contribution in [0.15, 0.2) is 6.20 Å². The molecule has 2 atom stereocenters. The Hall–Kier alpha value is -1.63. The van der Waals surface area contributed by atoms with Crippen LogP contribution in [0.3, 0.4) is 0 Å². The Bertz CT molecular complexity index is 489. The Morgan fingerprint density at radius 2 is 2.25 bits per heavy atom. The summed E-state index contributed by atoms with van der Waals surface area (Å²) in [7, 11) is 0. The van der Waals surface area contributed by atoms with Gasteiger partial charge in [0.15, 0.2) is 0 Å². The number of carboxylic acids is 1. The lowest BCUT2D eigenvalue weighted by molar-refractivity contribution is -0.142. The summed E-state index contributed by atoms with van der Waals surface area (Å²) in [5.41, 5.74) is 0. The number of nitrogens with one attached hydrogen (secondary N) is 2. The molecule has 2 amide bonds. The molecule has 0 saturated heterocycles. The first-order valence-electron chi connectivity index (χ1n) is 6.72. The van der Waals surface area contributed by atoms with Gasteiger partial charge in [0.25, 0.3) is 0 Å². The minimum atomic E-state index is -0.757. The van der Waals surface area contributed by atoms with Crippen LogP contribution in [0, 0.1) is 18.8 Å². The fourth-order valence-electron chi connectivity index (χ4n) is 2.53. The van der Waals surface area contributed by atoms with E-state index in [2.05, 4.69) is 15.6 Å². The van der Waals surface area contributed by atoms with Crippen molar-refractivity contribution >= 4 is 23.3 Å². The van der Waals surface area contributed by atoms with Crippen LogP contribution < -0.4 is 10.6 Å². The van der Waals surface area contributed by atoms with E-state index in [4.69, 9.17) is 5.11 Å². The van der Waals surface area contributed by atoms with E-state index >= 15 is 0 Å². The Balaban J connectivity index is 1.71. The van der Waals surface area contributed by atoms with E-state index in [0.717, 1.165) is 22.7 Å². The molecule has 1 aromatic heterocycles. The second kappa shape index (κ2) is 6.69. The van der Waals surface area contributed by atoms with Crippen molar-refractivity contribution in [2.75, 3.05) is 6.54 Å². The van der Waals surface area contributed by atoms with Crippen molar-refractivity contribution in [3.8, 4) is 0 Å². The van der Waals surface area contributed by atoms with Gasteiger partial charge in [-0.05, 0) is 25.7 Å². The summed E-state index contributed by atoms with van der Waals surface area (Å²) in [6.07, 6.45) is 4.27. The van der Waals surface area contributed by atoms with Crippen molar-refractivity contribution < 1.29 is 14.7 Å². The van der Waals surface area contributed by atoms with Crippen LogP contribution in [0.2, 0.25) is 0 Å². The maximum absolute atomic E-state index is 11.7. The predicted octanol–water partition coefficient (Wildman–Crippen LogP) is 1.75. The number of hydrogen-bond donors (Lipinski definition) is 3. The molecular weight excluding hydrogens is 278 g/mol. The number of thiazole rings is 1. The van der Waals surface area contributed by atoms with Crippen molar-refractivity contribution in [3.63, 3.8) is 0 Å². The molecule has 7 heteroatoms. The molecule has 3 N–H and O–H groups in total. The van der Waals surface area contributed by atoms with Gasteiger partial charge in [-0.15, -0.1) is 11.3 Å². The topological polar surface area (TPSA) is 91.3 Å². The first kappa shape index (κ1) is 14.8. The zero-order valence-corrected chi connectivity index (χ0v) is 12.2. The lowest BCUT2D eigenvalue weighted by Crippen LogP contribution is -2.39. The minimum absolute atomic E-state index is 0.0420. The van der Waals surface area contributed by atoms with Crippen LogP contribution in [0.4, 0.5) is 4.79 Å². The van der Waals surface area contributed by atoms with Crippen LogP contribution in [-0.2, 0) is 11.3 Å². The van der Waals surface area contributed by atoms with E-state index < -0.39 is 5.97 Å². The third-order valence-electron chi connectivity index (χ3n) is 3.57. The third kappa shape index (κ3) is 3.93. The number of aliphatic carboxylic acids is 1. The third-order valence-corrected chi connectivity index (χ3v) is 4.48. The van der Waals surface area contributed by atoms with Gasteiger partial charge in [0, 0.05) is 17.6 Å². The molecule has 0 radical (unpaired) electrons. The number of aryl methyl sites for hydroxylation is 1. The number of rotatable bonds is 5. The van der Waals surface area contributed by atoms with Gasteiger partial charge in [-0.2, -0.15) is 0 Å². The number of hydrogen-bond acceptors (Lipinski definition) is 4. The first-order chi connectivity index (χ1) is 9.56. The van der Waals surface area contributed by atoms with Crippen molar-refractivity contribution in [1.82, 2.24) is 15.6 Å². The molecule has 2 rings (SSSR count). The summed E-state index contributed by atoms with van der Waals surface area (Å²) >= 11 is 1.55. The van der Waals surface area contributed by atoms with E-state index in [1.165, 1.54) is 0 Å². The van der Waals surface area contributed by atoms with Gasteiger partial charge < -0.3 is 15.7 Å². The van der Waals surface area contributed by atoms with Crippen LogP contribution in [0.1, 0.15) is 29.1 Å². The Labute approximate surface area is 121 Å². The smallest absolute Gasteiger partial charge is 0.315 e. The molecule has 110 valence electrons. The highest BCUT2D eigenvalue weighted by Crippen LogP contribution is 2.31. The van der Waals surface area contributed by atoms with Gasteiger partial charge in [0.2, 0.25) is 0 Å². The van der Waals surface area contributed by atoms with E-state index in [-0.39, 0.29) is 17.9 Å². The molecule has 0 spiro atoms. The summed E-state index contributed by atoms with van der Waals surface area (Å²) in [4.78, 5) is 28.0. The summed E-state index contributed by atoms with van der Waals surface area (Å²) < 4.78 is 0. The molecule has 6 nitrogen and oxygen atoms in total. The number of nitrogens with zero attached hydrogens (tertiary/aromatic N) is 1. The predicted molar refractivity (Wildman–Crippen MR) is 75.6 cm³/mol. The second-order valence-corrected chi connectivity index (χ2v) is 6.38. The van der Waals surface area contributed by atoms with Gasteiger partial charge in [-0.25, -0.2) is 9.78 Å². The normalized spacial score (nSPS) is 21.6. The summed E-state index contributed by atoms with van der Waals surface area (Å²) in [5, 5.41) is 15.4. The molecule has 1 heterocycles. The summed E-state index contributed by atoms with van der Waals surface area (Å²) in [6, 6.07) is -0.270. The monoisotopic (exact) mass is 297 g/mol. The largest absolute Gasteiger partial charge is 0.481 e. The minimum Gasteiger partial charge on any atom is -0.481 e. The fraction of sp³-hybridized carbons (Fsp3) is 0.615. The van der Waals surface area contributed by atoms with Crippen molar-refractivity contribution in [2.24, 2.45) is 11.8 Å². The number of urea groups is 1. The van der Waals surface area contributed by atoms with Crippen LogP contribution in [0.5, 0.6) is 0 Å². The Morgan fingerprint density at radius 3 is 2.90 bits per heavy atom. The molecule has 1 aliphatic rings. The van der Waals surface area contributed by atoms with E-state index in [1.54, 1.807) is 17.5 Å². The molecule has 1 aromatic rings. The molecular formula is C13H19N3O3S. The molecule has 2 unspecified atom stereocenters. The van der Waals surface area contributed by atoms with Crippen molar-refractivity contribution in [3.05, 3.63) is 16.1 Å². The van der Waals surface area contributed by atoms with E-state index in [9.17, 15) is 9.59 Å².